The minimum atomic E-state index is 0.215. The van der Waals surface area contributed by atoms with Crippen molar-refractivity contribution in [1.82, 2.24) is 9.97 Å². The van der Waals surface area contributed by atoms with Crippen molar-refractivity contribution < 1.29 is 14.2 Å². The first-order valence-electron chi connectivity index (χ1n) is 8.34. The first kappa shape index (κ1) is 17.1. The number of ether oxygens (including phenoxy) is 3. The number of nitrogen functional groups attached to an aromatic ring is 1. The molecule has 1 saturated carbocycles. The van der Waals surface area contributed by atoms with E-state index in [4.69, 9.17) is 19.9 Å². The van der Waals surface area contributed by atoms with E-state index in [0.29, 0.717) is 34.9 Å². The Bertz CT molecular complexity index is 760. The van der Waals surface area contributed by atoms with E-state index in [9.17, 15) is 0 Å². The van der Waals surface area contributed by atoms with Gasteiger partial charge in [0.1, 0.15) is 5.75 Å². The molecule has 1 aromatic heterocycles. The average Bonchev–Trinajstić information content (AvgIpc) is 3.40. The fourth-order valence-corrected chi connectivity index (χ4v) is 2.52. The fourth-order valence-electron chi connectivity index (χ4n) is 2.52. The van der Waals surface area contributed by atoms with Gasteiger partial charge in [0.2, 0.25) is 5.95 Å². The number of methoxy groups -OCH3 is 2. The van der Waals surface area contributed by atoms with Crippen LogP contribution in [0, 0.1) is 0 Å². The molecule has 0 aliphatic heterocycles. The lowest BCUT2D eigenvalue weighted by atomic mass is 10.0. The van der Waals surface area contributed by atoms with Gasteiger partial charge >= 0.3 is 0 Å². The van der Waals surface area contributed by atoms with Crippen molar-refractivity contribution in [3.8, 4) is 23.0 Å². The molecule has 0 spiro atoms. The van der Waals surface area contributed by atoms with Gasteiger partial charge < -0.3 is 25.3 Å². The topological polar surface area (TPSA) is 91.5 Å². The Labute approximate surface area is 147 Å². The number of nitrogens with one attached hydrogen (secondary N) is 1. The second-order valence-corrected chi connectivity index (χ2v) is 6.36. The molecule has 1 aliphatic rings. The van der Waals surface area contributed by atoms with Crippen LogP contribution < -0.4 is 25.3 Å². The summed E-state index contributed by atoms with van der Waals surface area (Å²) in [6, 6.07) is 4.18. The van der Waals surface area contributed by atoms with Crippen LogP contribution >= 0.6 is 0 Å². The molecule has 2 aromatic rings. The van der Waals surface area contributed by atoms with E-state index in [1.165, 1.54) is 0 Å². The quantitative estimate of drug-likeness (QED) is 0.793. The Kier molecular flexibility index (Phi) is 4.83. The molecule has 7 nitrogen and oxygen atoms in total. The summed E-state index contributed by atoms with van der Waals surface area (Å²) in [4.78, 5) is 8.34. The van der Waals surface area contributed by atoms with Crippen LogP contribution in [0.5, 0.6) is 23.0 Å². The average molecular weight is 344 g/mol. The molecule has 0 unspecified atom stereocenters. The highest BCUT2D eigenvalue weighted by atomic mass is 16.5. The van der Waals surface area contributed by atoms with Crippen LogP contribution in [-0.2, 0) is 0 Å². The number of aromatic nitrogens is 2. The second-order valence-electron chi connectivity index (χ2n) is 6.36. The van der Waals surface area contributed by atoms with Gasteiger partial charge in [0.25, 0.3) is 0 Å². The van der Waals surface area contributed by atoms with Crippen molar-refractivity contribution >= 4 is 11.8 Å². The van der Waals surface area contributed by atoms with Crippen LogP contribution in [0.15, 0.2) is 18.3 Å². The Morgan fingerprint density at radius 3 is 2.36 bits per heavy atom. The fraction of sp³-hybridized carbons (Fsp3) is 0.444. The maximum absolute atomic E-state index is 6.15. The van der Waals surface area contributed by atoms with Crippen molar-refractivity contribution in [2.75, 3.05) is 25.3 Å². The van der Waals surface area contributed by atoms with Crippen LogP contribution in [-0.4, -0.2) is 30.2 Å². The standard InChI is InChI=1S/C18H24N4O3/c1-10(2)12-7-14(23-3)15(24-4)8-13(12)25-16-9-20-18(19)22-17(16)21-11-5-6-11/h7-11H,5-6H2,1-4H3,(H3,19,20,21,22). The van der Waals surface area contributed by atoms with Gasteiger partial charge in [0.05, 0.1) is 20.4 Å². The Morgan fingerprint density at radius 1 is 1.08 bits per heavy atom. The lowest BCUT2D eigenvalue weighted by molar-refractivity contribution is 0.350. The minimum absolute atomic E-state index is 0.215. The smallest absolute Gasteiger partial charge is 0.222 e. The molecule has 7 heteroatoms. The lowest BCUT2D eigenvalue weighted by Crippen LogP contribution is -2.08. The van der Waals surface area contributed by atoms with Gasteiger partial charge in [0, 0.05) is 17.7 Å². The number of nitrogens with zero attached hydrogens (tertiary/aromatic N) is 2. The lowest BCUT2D eigenvalue weighted by Gasteiger charge is -2.18. The van der Waals surface area contributed by atoms with Gasteiger partial charge in [-0.2, -0.15) is 4.98 Å². The highest BCUT2D eigenvalue weighted by molar-refractivity contribution is 5.57. The first-order valence-corrected chi connectivity index (χ1v) is 8.34. The molecule has 134 valence electrons. The molecule has 0 saturated heterocycles. The number of nitrogens with two attached hydrogens (primary N) is 1. The van der Waals surface area contributed by atoms with Gasteiger partial charge in [-0.25, -0.2) is 4.98 Å². The van der Waals surface area contributed by atoms with Crippen LogP contribution in [0.1, 0.15) is 38.2 Å². The summed E-state index contributed by atoms with van der Waals surface area (Å²) in [6.45, 7) is 4.19. The van der Waals surface area contributed by atoms with Crippen LogP contribution in [0.25, 0.3) is 0 Å². The number of rotatable bonds is 7. The van der Waals surface area contributed by atoms with E-state index >= 15 is 0 Å². The van der Waals surface area contributed by atoms with Crippen LogP contribution in [0.2, 0.25) is 0 Å². The van der Waals surface area contributed by atoms with E-state index in [2.05, 4.69) is 29.1 Å². The molecular weight excluding hydrogens is 320 g/mol. The maximum atomic E-state index is 6.15. The monoisotopic (exact) mass is 344 g/mol. The summed E-state index contributed by atoms with van der Waals surface area (Å²) in [5.74, 6) is 3.56. The minimum Gasteiger partial charge on any atom is -0.493 e. The van der Waals surface area contributed by atoms with Gasteiger partial charge in [-0.1, -0.05) is 13.8 Å². The molecule has 1 heterocycles. The van der Waals surface area contributed by atoms with Gasteiger partial charge in [-0.3, -0.25) is 0 Å². The van der Waals surface area contributed by atoms with E-state index in [-0.39, 0.29) is 11.9 Å². The summed E-state index contributed by atoms with van der Waals surface area (Å²) in [5.41, 5.74) is 6.73. The SMILES string of the molecule is COc1cc(Oc2cnc(N)nc2NC2CC2)c(C(C)C)cc1OC. The summed E-state index contributed by atoms with van der Waals surface area (Å²) in [7, 11) is 3.22. The van der Waals surface area contributed by atoms with E-state index in [0.717, 1.165) is 18.4 Å². The molecule has 0 radical (unpaired) electrons. The summed E-state index contributed by atoms with van der Waals surface area (Å²) >= 11 is 0. The Morgan fingerprint density at radius 2 is 1.76 bits per heavy atom. The third-order valence-electron chi connectivity index (χ3n) is 4.05. The van der Waals surface area contributed by atoms with Crippen molar-refractivity contribution in [3.05, 3.63) is 23.9 Å². The summed E-state index contributed by atoms with van der Waals surface area (Å²) < 4.78 is 16.9. The molecule has 0 atom stereocenters. The molecule has 3 rings (SSSR count). The van der Waals surface area contributed by atoms with E-state index < -0.39 is 0 Å². The first-order chi connectivity index (χ1) is 12.0. The number of anilines is 2. The predicted molar refractivity (Wildman–Crippen MR) is 96.8 cm³/mol. The highest BCUT2D eigenvalue weighted by Crippen LogP contribution is 2.41. The van der Waals surface area contributed by atoms with Gasteiger partial charge in [-0.15, -0.1) is 0 Å². The highest BCUT2D eigenvalue weighted by Gasteiger charge is 2.24. The molecular formula is C18H24N4O3. The number of benzene rings is 1. The van der Waals surface area contributed by atoms with Crippen molar-refractivity contribution in [1.29, 1.82) is 0 Å². The normalized spacial score (nSPS) is 13.6. The van der Waals surface area contributed by atoms with Crippen LogP contribution in [0.3, 0.4) is 0 Å². The molecule has 3 N–H and O–H groups in total. The van der Waals surface area contributed by atoms with E-state index in [1.54, 1.807) is 20.4 Å². The zero-order chi connectivity index (χ0) is 18.0. The molecule has 1 fully saturated rings. The Balaban J connectivity index is 1.99. The van der Waals surface area contributed by atoms with Crippen molar-refractivity contribution in [3.63, 3.8) is 0 Å². The molecule has 0 amide bonds. The maximum Gasteiger partial charge on any atom is 0.222 e. The number of hydrogen-bond donors (Lipinski definition) is 2. The van der Waals surface area contributed by atoms with E-state index in [1.807, 2.05) is 12.1 Å². The molecule has 1 aromatic carbocycles. The molecule has 25 heavy (non-hydrogen) atoms. The third-order valence-corrected chi connectivity index (χ3v) is 4.05. The van der Waals surface area contributed by atoms with Crippen molar-refractivity contribution in [2.45, 2.75) is 38.6 Å². The largest absolute Gasteiger partial charge is 0.493 e. The molecule has 1 aliphatic carbocycles. The van der Waals surface area contributed by atoms with Crippen molar-refractivity contribution in [2.24, 2.45) is 0 Å². The predicted octanol–water partition coefficient (Wildman–Crippen LogP) is 3.57. The zero-order valence-corrected chi connectivity index (χ0v) is 15.0. The Hall–Kier alpha value is -2.70. The molecule has 0 bridgehead atoms. The van der Waals surface area contributed by atoms with Gasteiger partial charge in [-0.05, 0) is 24.8 Å². The second kappa shape index (κ2) is 7.04. The summed E-state index contributed by atoms with van der Waals surface area (Å²) in [6.07, 6.45) is 3.84. The van der Waals surface area contributed by atoms with Gasteiger partial charge in [0.15, 0.2) is 23.1 Å². The van der Waals surface area contributed by atoms with Crippen LogP contribution in [0.4, 0.5) is 11.8 Å². The summed E-state index contributed by atoms with van der Waals surface area (Å²) in [5, 5.41) is 3.33. The number of hydrogen-bond acceptors (Lipinski definition) is 7. The zero-order valence-electron chi connectivity index (χ0n) is 15.0. The third kappa shape index (κ3) is 3.87.